The van der Waals surface area contributed by atoms with Gasteiger partial charge in [0.1, 0.15) is 15.1 Å². The fourth-order valence-electron chi connectivity index (χ4n) is 2.94. The van der Waals surface area contributed by atoms with Crippen molar-refractivity contribution in [2.24, 2.45) is 5.73 Å². The standard InChI is InChI=1S/C18H13BrF3N5S/c1-17(8-23,9-27-7-10-4-5-25-15(19)14(10)26-27)13-6-11(18(20,21)22)2-3-12(13)16(24)28/h2-7H,9H2,1H3,(H2,24,28). The van der Waals surface area contributed by atoms with Crippen LogP contribution in [0.4, 0.5) is 13.2 Å². The second kappa shape index (κ2) is 7.14. The molecule has 3 aromatic rings. The fraction of sp³-hybridized carbons (Fsp3) is 0.222. The van der Waals surface area contributed by atoms with E-state index in [4.69, 9.17) is 18.0 Å². The molecule has 10 heteroatoms. The maximum absolute atomic E-state index is 13.2. The first-order chi connectivity index (χ1) is 13.0. The first-order valence-corrected chi connectivity index (χ1v) is 9.16. The molecule has 0 aliphatic carbocycles. The van der Waals surface area contributed by atoms with Crippen LogP contribution in [0.15, 0.2) is 41.3 Å². The van der Waals surface area contributed by atoms with Gasteiger partial charge in [0, 0.05) is 23.3 Å². The zero-order chi connectivity index (χ0) is 20.7. The molecule has 144 valence electrons. The van der Waals surface area contributed by atoms with Crippen LogP contribution in [-0.4, -0.2) is 19.8 Å². The Morgan fingerprint density at radius 1 is 1.36 bits per heavy atom. The maximum atomic E-state index is 13.2. The Morgan fingerprint density at radius 3 is 2.64 bits per heavy atom. The number of fused-ring (bicyclic) bond motifs is 1. The van der Waals surface area contributed by atoms with Gasteiger partial charge in [-0.3, -0.25) is 4.68 Å². The summed E-state index contributed by atoms with van der Waals surface area (Å²) in [6.45, 7) is 1.53. The van der Waals surface area contributed by atoms with Crippen molar-refractivity contribution in [3.63, 3.8) is 0 Å². The van der Waals surface area contributed by atoms with Gasteiger partial charge in [0.05, 0.1) is 23.6 Å². The molecule has 0 aliphatic rings. The van der Waals surface area contributed by atoms with Gasteiger partial charge in [-0.25, -0.2) is 4.98 Å². The van der Waals surface area contributed by atoms with Crippen LogP contribution in [0.1, 0.15) is 23.6 Å². The van der Waals surface area contributed by atoms with Crippen LogP contribution in [0.5, 0.6) is 0 Å². The van der Waals surface area contributed by atoms with E-state index in [0.717, 1.165) is 17.5 Å². The molecule has 1 aromatic carbocycles. The number of aromatic nitrogens is 3. The summed E-state index contributed by atoms with van der Waals surface area (Å²) in [6.07, 6.45) is -1.26. The third-order valence-electron chi connectivity index (χ3n) is 4.36. The average molecular weight is 468 g/mol. The molecule has 2 aromatic heterocycles. The molecule has 0 bridgehead atoms. The van der Waals surface area contributed by atoms with Crippen molar-refractivity contribution in [2.75, 3.05) is 0 Å². The summed E-state index contributed by atoms with van der Waals surface area (Å²) in [6, 6.07) is 6.89. The number of halogens is 4. The predicted octanol–water partition coefficient (Wildman–Crippen LogP) is 4.33. The van der Waals surface area contributed by atoms with Crippen molar-refractivity contribution in [3.05, 3.63) is 58.0 Å². The maximum Gasteiger partial charge on any atom is 0.416 e. The van der Waals surface area contributed by atoms with Gasteiger partial charge >= 0.3 is 6.18 Å². The summed E-state index contributed by atoms with van der Waals surface area (Å²) in [5, 5.41) is 15.0. The monoisotopic (exact) mass is 467 g/mol. The average Bonchev–Trinajstić information content (AvgIpc) is 3.04. The highest BCUT2D eigenvalue weighted by atomic mass is 79.9. The molecule has 2 heterocycles. The minimum atomic E-state index is -4.56. The van der Waals surface area contributed by atoms with E-state index in [1.54, 1.807) is 18.5 Å². The third kappa shape index (κ3) is 3.72. The fourth-order valence-corrected chi connectivity index (χ4v) is 3.55. The minimum Gasteiger partial charge on any atom is -0.389 e. The van der Waals surface area contributed by atoms with E-state index in [1.807, 2.05) is 0 Å². The Hall–Kier alpha value is -2.51. The second-order valence-corrected chi connectivity index (χ2v) is 7.62. The molecule has 0 spiro atoms. The van der Waals surface area contributed by atoms with Crippen LogP contribution < -0.4 is 5.73 Å². The van der Waals surface area contributed by atoms with Gasteiger partial charge in [-0.15, -0.1) is 0 Å². The molecule has 0 saturated carbocycles. The number of hydrogen-bond acceptors (Lipinski definition) is 4. The van der Waals surface area contributed by atoms with Crippen LogP contribution >= 0.6 is 28.1 Å². The second-order valence-electron chi connectivity index (χ2n) is 6.43. The molecule has 5 nitrogen and oxygen atoms in total. The van der Waals surface area contributed by atoms with Crippen LogP contribution in [0.3, 0.4) is 0 Å². The highest BCUT2D eigenvalue weighted by Gasteiger charge is 2.36. The van der Waals surface area contributed by atoms with E-state index in [2.05, 4.69) is 32.1 Å². The Balaban J connectivity index is 2.13. The zero-order valence-corrected chi connectivity index (χ0v) is 16.9. The molecule has 0 amide bonds. The van der Waals surface area contributed by atoms with Crippen molar-refractivity contribution in [1.29, 1.82) is 5.26 Å². The molecule has 2 N–H and O–H groups in total. The van der Waals surface area contributed by atoms with Crippen molar-refractivity contribution >= 4 is 44.0 Å². The lowest BCUT2D eigenvalue weighted by molar-refractivity contribution is -0.137. The molecule has 28 heavy (non-hydrogen) atoms. The SMILES string of the molecule is CC(C#N)(Cn1cc2ccnc(Br)c2n1)c1cc(C(F)(F)F)ccc1C(N)=S. The lowest BCUT2D eigenvalue weighted by atomic mass is 9.80. The van der Waals surface area contributed by atoms with E-state index in [1.165, 1.54) is 17.7 Å². The quantitative estimate of drug-likeness (QED) is 0.456. The number of alkyl halides is 3. The molecule has 0 radical (unpaired) electrons. The van der Waals surface area contributed by atoms with Crippen LogP contribution in [0, 0.1) is 11.3 Å². The van der Waals surface area contributed by atoms with E-state index in [9.17, 15) is 18.4 Å². The van der Waals surface area contributed by atoms with Crippen molar-refractivity contribution in [2.45, 2.75) is 25.1 Å². The van der Waals surface area contributed by atoms with Gasteiger partial charge in [0.25, 0.3) is 0 Å². The van der Waals surface area contributed by atoms with Gasteiger partial charge in [0.15, 0.2) is 0 Å². The zero-order valence-electron chi connectivity index (χ0n) is 14.5. The Labute approximate surface area is 172 Å². The van der Waals surface area contributed by atoms with E-state index >= 15 is 0 Å². The van der Waals surface area contributed by atoms with E-state index < -0.39 is 17.2 Å². The number of thiocarbonyl (C=S) groups is 1. The van der Waals surface area contributed by atoms with Crippen LogP contribution in [0.25, 0.3) is 10.9 Å². The summed E-state index contributed by atoms with van der Waals surface area (Å²) < 4.78 is 41.7. The molecule has 0 aliphatic heterocycles. The number of nitrogens with two attached hydrogens (primary N) is 1. The first-order valence-electron chi connectivity index (χ1n) is 7.95. The number of nitrogens with zero attached hydrogens (tertiary/aromatic N) is 4. The molecule has 1 unspecified atom stereocenters. The van der Waals surface area contributed by atoms with Gasteiger partial charge < -0.3 is 5.73 Å². The number of hydrogen-bond donors (Lipinski definition) is 1. The largest absolute Gasteiger partial charge is 0.416 e. The number of pyridine rings is 1. The highest BCUT2D eigenvalue weighted by molar-refractivity contribution is 9.10. The van der Waals surface area contributed by atoms with Crippen LogP contribution in [0.2, 0.25) is 0 Å². The lowest BCUT2D eigenvalue weighted by Gasteiger charge is -2.26. The van der Waals surface area contributed by atoms with Crippen LogP contribution in [-0.2, 0) is 18.1 Å². The summed E-state index contributed by atoms with van der Waals surface area (Å²) in [4.78, 5) is 4.01. The van der Waals surface area contributed by atoms with Crippen molar-refractivity contribution in [3.8, 4) is 6.07 Å². The first kappa shape index (κ1) is 20.2. The van der Waals surface area contributed by atoms with Gasteiger partial charge in [0.2, 0.25) is 0 Å². The Morgan fingerprint density at radius 2 is 2.07 bits per heavy atom. The van der Waals surface area contributed by atoms with Gasteiger partial charge in [-0.05, 0) is 46.6 Å². The molecule has 1 atom stereocenters. The van der Waals surface area contributed by atoms with E-state index in [-0.39, 0.29) is 22.7 Å². The summed E-state index contributed by atoms with van der Waals surface area (Å²) in [5.41, 5.74) is 4.39. The number of nitriles is 1. The molecule has 0 saturated heterocycles. The smallest absolute Gasteiger partial charge is 0.389 e. The van der Waals surface area contributed by atoms with Gasteiger partial charge in [-0.1, -0.05) is 18.3 Å². The Kier molecular flexibility index (Phi) is 5.16. The lowest BCUT2D eigenvalue weighted by Crippen LogP contribution is -2.30. The topological polar surface area (TPSA) is 80.5 Å². The summed E-state index contributed by atoms with van der Waals surface area (Å²) in [7, 11) is 0. The number of benzene rings is 1. The van der Waals surface area contributed by atoms with Crippen molar-refractivity contribution < 1.29 is 13.2 Å². The molecule has 3 rings (SSSR count). The summed E-state index contributed by atoms with van der Waals surface area (Å²) >= 11 is 8.29. The van der Waals surface area contributed by atoms with Gasteiger partial charge in [-0.2, -0.15) is 23.5 Å². The Bertz CT molecular complexity index is 1120. The third-order valence-corrected chi connectivity index (χ3v) is 5.16. The molecular formula is C18H13BrF3N5S. The highest BCUT2D eigenvalue weighted by Crippen LogP contribution is 2.36. The van der Waals surface area contributed by atoms with Crippen molar-refractivity contribution in [1.82, 2.24) is 14.8 Å². The summed E-state index contributed by atoms with van der Waals surface area (Å²) in [5.74, 6) is 0. The normalized spacial score (nSPS) is 13.9. The molecule has 0 fully saturated rings. The minimum absolute atomic E-state index is 0.00153. The van der Waals surface area contributed by atoms with E-state index in [0.29, 0.717) is 10.1 Å². The predicted molar refractivity (Wildman–Crippen MR) is 106 cm³/mol. The number of rotatable bonds is 4. The molecular weight excluding hydrogens is 455 g/mol.